The Morgan fingerprint density at radius 3 is 2.38 bits per heavy atom. The predicted molar refractivity (Wildman–Crippen MR) is 129 cm³/mol. The monoisotopic (exact) mass is 483 g/mol. The number of rotatable bonds is 5. The van der Waals surface area contributed by atoms with Crippen molar-refractivity contribution in [2.45, 2.75) is 32.6 Å². The van der Waals surface area contributed by atoms with Gasteiger partial charge in [0.05, 0.1) is 5.02 Å². The summed E-state index contributed by atoms with van der Waals surface area (Å²) in [5, 5.41) is 5.98. The third kappa shape index (κ3) is 5.04. The fourth-order valence-corrected chi connectivity index (χ4v) is 4.28. The summed E-state index contributed by atoms with van der Waals surface area (Å²) in [5.74, 6) is -0.799. The first-order valence-electron chi connectivity index (χ1n) is 11.1. The maximum atomic E-state index is 13.1. The molecule has 1 saturated carbocycles. The Hall–Kier alpha value is -3.46. The summed E-state index contributed by atoms with van der Waals surface area (Å²) in [4.78, 5) is 48.5. The third-order valence-corrected chi connectivity index (χ3v) is 6.21. The number of hydrogen-bond donors (Lipinski definition) is 2. The highest BCUT2D eigenvalue weighted by atomic mass is 35.5. The molecule has 3 aromatic heterocycles. The molecule has 3 aromatic rings. The number of carbonyl (C=O) groups is 3. The van der Waals surface area contributed by atoms with Crippen LogP contribution in [0.4, 0.5) is 11.5 Å². The minimum absolute atomic E-state index is 0.0605. The number of furan rings is 1. The van der Waals surface area contributed by atoms with Gasteiger partial charge in [0.15, 0.2) is 5.58 Å². The van der Waals surface area contributed by atoms with Gasteiger partial charge in [-0.1, -0.05) is 11.6 Å². The lowest BCUT2D eigenvalue weighted by Crippen LogP contribution is -2.35. The molecule has 9 nitrogen and oxygen atoms in total. The fourth-order valence-electron chi connectivity index (χ4n) is 4.17. The van der Waals surface area contributed by atoms with Gasteiger partial charge in [-0.3, -0.25) is 14.4 Å². The average Bonchev–Trinajstić information content (AvgIpc) is 3.17. The van der Waals surface area contributed by atoms with E-state index in [1.807, 2.05) is 6.92 Å². The molecule has 3 amide bonds. The average molecular weight is 484 g/mol. The van der Waals surface area contributed by atoms with Crippen LogP contribution < -0.4 is 10.6 Å². The molecule has 1 aliphatic carbocycles. The largest absolute Gasteiger partial charge is 0.447 e. The summed E-state index contributed by atoms with van der Waals surface area (Å²) in [5.41, 5.74) is 1.73. The number of amides is 3. The van der Waals surface area contributed by atoms with Gasteiger partial charge >= 0.3 is 0 Å². The van der Waals surface area contributed by atoms with Gasteiger partial charge in [-0.25, -0.2) is 9.97 Å². The van der Waals surface area contributed by atoms with Crippen molar-refractivity contribution in [2.75, 3.05) is 24.7 Å². The molecule has 178 valence electrons. The number of nitrogens with zero attached hydrogens (tertiary/aromatic N) is 3. The van der Waals surface area contributed by atoms with Crippen LogP contribution in [0.5, 0.6) is 0 Å². The lowest BCUT2D eigenvalue weighted by molar-refractivity contribution is -0.135. The van der Waals surface area contributed by atoms with E-state index in [0.29, 0.717) is 47.6 Å². The van der Waals surface area contributed by atoms with E-state index in [2.05, 4.69) is 20.6 Å². The van der Waals surface area contributed by atoms with E-state index in [-0.39, 0.29) is 35.1 Å². The van der Waals surface area contributed by atoms with Crippen LogP contribution in [0.3, 0.4) is 0 Å². The van der Waals surface area contributed by atoms with Crippen LogP contribution in [0.1, 0.15) is 41.9 Å². The first-order chi connectivity index (χ1) is 16.2. The summed E-state index contributed by atoms with van der Waals surface area (Å²) in [6.07, 6.45) is 3.90. The van der Waals surface area contributed by atoms with Gasteiger partial charge in [0.1, 0.15) is 17.0 Å². The molecule has 0 spiro atoms. The van der Waals surface area contributed by atoms with Crippen LogP contribution in [0, 0.1) is 18.8 Å². The summed E-state index contributed by atoms with van der Waals surface area (Å²) in [6.45, 7) is 1.82. The van der Waals surface area contributed by atoms with E-state index in [9.17, 15) is 14.4 Å². The van der Waals surface area contributed by atoms with E-state index < -0.39 is 5.91 Å². The number of hydrogen-bond acceptors (Lipinski definition) is 6. The highest BCUT2D eigenvalue weighted by molar-refractivity contribution is 6.30. The smallest absolute Gasteiger partial charge is 0.294 e. The second-order valence-electron chi connectivity index (χ2n) is 8.69. The van der Waals surface area contributed by atoms with Crippen molar-refractivity contribution in [2.24, 2.45) is 11.8 Å². The highest BCUT2D eigenvalue weighted by Gasteiger charge is 2.32. The van der Waals surface area contributed by atoms with E-state index in [0.717, 1.165) is 5.69 Å². The predicted octanol–water partition coefficient (Wildman–Crippen LogP) is 4.27. The number of aromatic nitrogens is 2. The molecule has 0 radical (unpaired) electrons. The molecule has 34 heavy (non-hydrogen) atoms. The molecule has 1 aliphatic rings. The Kier molecular flexibility index (Phi) is 6.83. The molecule has 0 saturated heterocycles. The van der Waals surface area contributed by atoms with Crippen molar-refractivity contribution in [3.63, 3.8) is 0 Å². The number of halogens is 1. The zero-order valence-corrected chi connectivity index (χ0v) is 20.0. The molecule has 0 unspecified atom stereocenters. The van der Waals surface area contributed by atoms with Crippen molar-refractivity contribution < 1.29 is 18.8 Å². The fraction of sp³-hybridized carbons (Fsp3) is 0.375. The molecule has 0 bridgehead atoms. The molecule has 4 rings (SSSR count). The van der Waals surface area contributed by atoms with Crippen molar-refractivity contribution in [1.82, 2.24) is 14.9 Å². The van der Waals surface area contributed by atoms with Crippen LogP contribution in [-0.2, 0) is 9.59 Å². The van der Waals surface area contributed by atoms with Gasteiger partial charge in [0.25, 0.3) is 5.91 Å². The lowest BCUT2D eigenvalue weighted by atomic mass is 9.81. The van der Waals surface area contributed by atoms with Crippen molar-refractivity contribution in [3.05, 3.63) is 46.9 Å². The molecule has 1 fully saturated rings. The van der Waals surface area contributed by atoms with Gasteiger partial charge in [-0.05, 0) is 56.9 Å². The Morgan fingerprint density at radius 2 is 1.74 bits per heavy atom. The molecule has 2 N–H and O–H groups in total. The zero-order chi connectivity index (χ0) is 24.4. The van der Waals surface area contributed by atoms with Crippen LogP contribution in [0.2, 0.25) is 5.02 Å². The Labute approximate surface area is 201 Å². The first kappa shape index (κ1) is 23.7. The topological polar surface area (TPSA) is 117 Å². The number of carbonyl (C=O) groups excluding carboxylic acids is 3. The number of anilines is 2. The Bertz CT molecular complexity index is 1230. The Balaban J connectivity index is 1.55. The van der Waals surface area contributed by atoms with Gasteiger partial charge in [-0.15, -0.1) is 0 Å². The number of aryl methyl sites for hydroxylation is 1. The van der Waals surface area contributed by atoms with Crippen molar-refractivity contribution in [1.29, 1.82) is 0 Å². The summed E-state index contributed by atoms with van der Waals surface area (Å²) < 4.78 is 5.78. The molecular formula is C24H26ClN5O4. The molecular weight excluding hydrogens is 458 g/mol. The van der Waals surface area contributed by atoms with E-state index in [1.165, 1.54) is 6.20 Å². The van der Waals surface area contributed by atoms with Gasteiger partial charge in [0, 0.05) is 37.8 Å². The SMILES string of the molecule is Cc1ccc2oc(C(=O)Nc3ccc(Cl)cn3)c(NC(=O)[C@H]3CC[C@H](C(=O)N(C)C)CC3)c2n1. The van der Waals surface area contributed by atoms with Gasteiger partial charge in [-0.2, -0.15) is 0 Å². The van der Waals surface area contributed by atoms with Crippen LogP contribution in [0.15, 0.2) is 34.9 Å². The van der Waals surface area contributed by atoms with Crippen LogP contribution in [0.25, 0.3) is 11.1 Å². The Morgan fingerprint density at radius 1 is 1.03 bits per heavy atom. The van der Waals surface area contributed by atoms with Gasteiger partial charge in [0.2, 0.25) is 17.6 Å². The van der Waals surface area contributed by atoms with Crippen molar-refractivity contribution >= 4 is 51.9 Å². The maximum Gasteiger partial charge on any atom is 0.294 e. The normalized spacial score (nSPS) is 17.9. The van der Waals surface area contributed by atoms with E-state index in [1.54, 1.807) is 43.3 Å². The van der Waals surface area contributed by atoms with E-state index >= 15 is 0 Å². The standard InChI is InChI=1S/C24H26ClN5O4/c1-13-4-10-17-19(27-13)20(21(34-17)23(32)28-18-11-9-16(25)12-26-18)29-22(31)14-5-7-15(8-6-14)24(33)30(2)3/h4,9-12,14-15H,5-8H2,1-3H3,(H,29,31)(H,26,28,32)/t14-,15-. The molecule has 0 atom stereocenters. The number of pyridine rings is 2. The van der Waals surface area contributed by atoms with Crippen LogP contribution >= 0.6 is 11.6 Å². The molecule has 0 aliphatic heterocycles. The van der Waals surface area contributed by atoms with Crippen molar-refractivity contribution in [3.8, 4) is 0 Å². The second-order valence-corrected chi connectivity index (χ2v) is 9.13. The summed E-state index contributed by atoms with van der Waals surface area (Å²) >= 11 is 5.86. The molecule has 3 heterocycles. The lowest BCUT2D eigenvalue weighted by Gasteiger charge is -2.28. The van der Waals surface area contributed by atoms with Gasteiger partial charge < -0.3 is 20.0 Å². The minimum atomic E-state index is -0.568. The summed E-state index contributed by atoms with van der Waals surface area (Å²) in [7, 11) is 3.48. The molecule has 10 heteroatoms. The molecule has 0 aromatic carbocycles. The maximum absolute atomic E-state index is 13.1. The third-order valence-electron chi connectivity index (χ3n) is 5.98. The number of fused-ring (bicyclic) bond motifs is 1. The first-order valence-corrected chi connectivity index (χ1v) is 11.5. The minimum Gasteiger partial charge on any atom is -0.447 e. The second kappa shape index (κ2) is 9.80. The number of nitrogens with one attached hydrogen (secondary N) is 2. The quantitative estimate of drug-likeness (QED) is 0.559. The van der Waals surface area contributed by atoms with Crippen LogP contribution in [-0.4, -0.2) is 46.7 Å². The van der Waals surface area contributed by atoms with E-state index in [4.69, 9.17) is 16.0 Å². The highest BCUT2D eigenvalue weighted by Crippen LogP contribution is 2.34. The zero-order valence-electron chi connectivity index (χ0n) is 19.2. The summed E-state index contributed by atoms with van der Waals surface area (Å²) in [6, 6.07) is 6.65.